The van der Waals surface area contributed by atoms with Crippen LogP contribution in [0.1, 0.15) is 71.1 Å². The average molecular weight is 339 g/mol. The van der Waals surface area contributed by atoms with E-state index in [0.717, 1.165) is 25.7 Å². The number of hydrogen-bond donors (Lipinski definition) is 2. The minimum Gasteiger partial charge on any atom is -0.548 e. The van der Waals surface area contributed by atoms with Gasteiger partial charge in [0, 0.05) is 6.42 Å². The first-order valence-corrected chi connectivity index (χ1v) is 9.01. The Bertz CT molecular complexity index is 421. The van der Waals surface area contributed by atoms with Crippen LogP contribution in [0.3, 0.4) is 0 Å². The molecule has 0 aliphatic carbocycles. The van der Waals surface area contributed by atoms with Crippen molar-refractivity contribution in [2.24, 2.45) is 0 Å². The largest absolute Gasteiger partial charge is 0.548 e. The summed E-state index contributed by atoms with van der Waals surface area (Å²) in [5.41, 5.74) is 0. The summed E-state index contributed by atoms with van der Waals surface area (Å²) in [6.45, 7) is 2.16. The second kappa shape index (κ2) is 12.5. The van der Waals surface area contributed by atoms with Gasteiger partial charge in [0.15, 0.2) is 11.0 Å². The van der Waals surface area contributed by atoms with Crippen LogP contribution in [-0.4, -0.2) is 30.0 Å². The third-order valence-electron chi connectivity index (χ3n) is 3.33. The number of unbranched alkanes of at least 4 members (excludes halogenated alkanes) is 8. The van der Waals surface area contributed by atoms with Crippen molar-refractivity contribution in [2.45, 2.75) is 76.4 Å². The highest BCUT2D eigenvalue weighted by atomic mass is 32.2. The molecule has 1 atom stereocenters. The zero-order valence-corrected chi connectivity index (χ0v) is 14.4. The molecule has 0 fully saturated rings. The molecule has 0 amide bonds. The lowest BCUT2D eigenvalue weighted by molar-refractivity contribution is -0.304. The van der Waals surface area contributed by atoms with E-state index >= 15 is 0 Å². The summed E-state index contributed by atoms with van der Waals surface area (Å²) in [6.07, 6.45) is 9.00. The number of carboxylic acid groups (broad SMARTS) is 1. The molecule has 0 heterocycles. The lowest BCUT2D eigenvalue weighted by Crippen LogP contribution is -2.46. The van der Waals surface area contributed by atoms with Crippen molar-refractivity contribution < 1.29 is 27.7 Å². The lowest BCUT2D eigenvalue weighted by Gasteiger charge is -2.13. The van der Waals surface area contributed by atoms with Gasteiger partial charge in [-0.3, -0.25) is 9.35 Å². The van der Waals surface area contributed by atoms with Crippen LogP contribution in [0.25, 0.3) is 0 Å². The van der Waals surface area contributed by atoms with Crippen LogP contribution in [0.2, 0.25) is 0 Å². The fourth-order valence-corrected chi connectivity index (χ4v) is 2.85. The molecular formula is C14H29NO6S. The Labute approximate surface area is 132 Å². The third kappa shape index (κ3) is 10.7. The van der Waals surface area contributed by atoms with E-state index in [2.05, 4.69) is 6.92 Å². The van der Waals surface area contributed by atoms with Crippen molar-refractivity contribution >= 4 is 21.9 Å². The maximum atomic E-state index is 11.5. The summed E-state index contributed by atoms with van der Waals surface area (Å²) >= 11 is 0. The molecule has 5 N–H and O–H groups in total. The zero-order chi connectivity index (χ0) is 16.3. The lowest BCUT2D eigenvalue weighted by atomic mass is 10.0. The average Bonchev–Trinajstić information content (AvgIpc) is 2.34. The van der Waals surface area contributed by atoms with E-state index in [1.807, 2.05) is 0 Å². The molecule has 0 spiro atoms. The molecule has 0 aliphatic heterocycles. The molecular weight excluding hydrogens is 310 g/mol. The topological polar surface area (TPSA) is 148 Å². The molecule has 8 heteroatoms. The van der Waals surface area contributed by atoms with E-state index in [1.54, 1.807) is 0 Å². The minimum absolute atomic E-state index is 0. The normalized spacial score (nSPS) is 12.5. The van der Waals surface area contributed by atoms with Crippen molar-refractivity contribution in [1.29, 1.82) is 0 Å². The standard InChI is InChI=1S/C14H26O6S.H3N/c1-2-3-4-5-6-7-8-9-10-11-12(15)13(14(16)17)21(18,19)20;/h13H,2-11H2,1H3,(H,16,17)(H,18,19,20);1H3. The predicted octanol–water partition coefficient (Wildman–Crippen LogP) is 1.86. The van der Waals surface area contributed by atoms with Gasteiger partial charge in [-0.15, -0.1) is 0 Å². The van der Waals surface area contributed by atoms with E-state index < -0.39 is 27.1 Å². The van der Waals surface area contributed by atoms with Crippen molar-refractivity contribution in [1.82, 2.24) is 6.15 Å². The summed E-state index contributed by atoms with van der Waals surface area (Å²) in [7, 11) is -4.94. The Hall–Kier alpha value is -0.990. The quantitative estimate of drug-likeness (QED) is 0.297. The van der Waals surface area contributed by atoms with Gasteiger partial charge in [-0.2, -0.15) is 8.42 Å². The Morgan fingerprint density at radius 2 is 1.36 bits per heavy atom. The molecule has 0 saturated carbocycles. The molecule has 0 radical (unpaired) electrons. The number of quaternary nitrogens is 1. The van der Waals surface area contributed by atoms with Crippen LogP contribution in [0, 0.1) is 0 Å². The van der Waals surface area contributed by atoms with Gasteiger partial charge in [0.25, 0.3) is 10.1 Å². The van der Waals surface area contributed by atoms with Crippen LogP contribution < -0.4 is 11.3 Å². The first-order chi connectivity index (χ1) is 9.80. The first kappa shape index (κ1) is 23.3. The van der Waals surface area contributed by atoms with Crippen LogP contribution in [0.4, 0.5) is 0 Å². The predicted molar refractivity (Wildman–Crippen MR) is 83.2 cm³/mol. The van der Waals surface area contributed by atoms with Gasteiger partial charge in [-0.1, -0.05) is 58.3 Å². The highest BCUT2D eigenvalue weighted by Crippen LogP contribution is 2.12. The van der Waals surface area contributed by atoms with E-state index in [-0.39, 0.29) is 12.6 Å². The summed E-state index contributed by atoms with van der Waals surface area (Å²) in [6, 6.07) is 0. The van der Waals surface area contributed by atoms with Gasteiger partial charge in [0.05, 0.1) is 5.97 Å². The second-order valence-corrected chi connectivity index (χ2v) is 6.76. The SMILES string of the molecule is CCCCCCCCCCCC(=O)C(C(=O)[O-])S(=O)(=O)O.[NH4+]. The van der Waals surface area contributed by atoms with Crippen LogP contribution in [0.5, 0.6) is 0 Å². The summed E-state index contributed by atoms with van der Waals surface area (Å²) < 4.78 is 30.3. The number of carbonyl (C=O) groups excluding carboxylic acids is 2. The molecule has 0 bridgehead atoms. The number of rotatable bonds is 13. The molecule has 0 rings (SSSR count). The molecule has 22 heavy (non-hydrogen) atoms. The molecule has 0 aromatic rings. The van der Waals surface area contributed by atoms with Gasteiger partial charge >= 0.3 is 0 Å². The third-order valence-corrected chi connectivity index (χ3v) is 4.38. The number of ketones is 1. The smallest absolute Gasteiger partial charge is 0.280 e. The Morgan fingerprint density at radius 3 is 1.73 bits per heavy atom. The van der Waals surface area contributed by atoms with E-state index in [4.69, 9.17) is 4.55 Å². The maximum Gasteiger partial charge on any atom is 0.280 e. The summed E-state index contributed by atoms with van der Waals surface area (Å²) in [5, 5.41) is 8.12. The van der Waals surface area contributed by atoms with E-state index in [1.165, 1.54) is 25.7 Å². The minimum atomic E-state index is -4.94. The van der Waals surface area contributed by atoms with Gasteiger partial charge < -0.3 is 16.1 Å². The number of aliphatic carboxylic acids is 1. The fraction of sp³-hybridized carbons (Fsp3) is 0.857. The molecule has 0 aromatic carbocycles. The number of carbonyl (C=O) groups is 2. The Balaban J connectivity index is 0. The zero-order valence-electron chi connectivity index (χ0n) is 13.5. The molecule has 132 valence electrons. The number of hydrogen-bond acceptors (Lipinski definition) is 5. The maximum absolute atomic E-state index is 11.5. The van der Waals surface area contributed by atoms with Crippen molar-refractivity contribution in [2.75, 3.05) is 0 Å². The highest BCUT2D eigenvalue weighted by molar-refractivity contribution is 7.88. The van der Waals surface area contributed by atoms with Crippen LogP contribution in [-0.2, 0) is 19.7 Å². The fourth-order valence-electron chi connectivity index (χ4n) is 2.16. The van der Waals surface area contributed by atoms with E-state index in [0.29, 0.717) is 6.42 Å². The van der Waals surface area contributed by atoms with Crippen LogP contribution in [0.15, 0.2) is 0 Å². The Morgan fingerprint density at radius 1 is 0.955 bits per heavy atom. The Kier molecular flexibility index (Phi) is 13.3. The first-order valence-electron chi connectivity index (χ1n) is 7.50. The molecule has 1 unspecified atom stereocenters. The van der Waals surface area contributed by atoms with Crippen LogP contribution >= 0.6 is 0 Å². The summed E-state index contributed by atoms with van der Waals surface area (Å²) in [5.74, 6) is -3.08. The summed E-state index contributed by atoms with van der Waals surface area (Å²) in [4.78, 5) is 22.1. The second-order valence-electron chi connectivity index (χ2n) is 5.26. The van der Waals surface area contributed by atoms with Gasteiger partial charge in [-0.05, 0) is 6.42 Å². The van der Waals surface area contributed by atoms with Gasteiger partial charge in [-0.25, -0.2) is 0 Å². The number of Topliss-reactive ketones (excluding diaryl/α,β-unsaturated/α-hetero) is 1. The number of carboxylic acids is 1. The molecule has 0 saturated heterocycles. The molecule has 7 nitrogen and oxygen atoms in total. The van der Waals surface area contributed by atoms with E-state index in [9.17, 15) is 23.1 Å². The monoisotopic (exact) mass is 339 g/mol. The van der Waals surface area contributed by atoms with Crippen molar-refractivity contribution in [3.8, 4) is 0 Å². The van der Waals surface area contributed by atoms with Crippen molar-refractivity contribution in [3.05, 3.63) is 0 Å². The molecule has 0 aromatic heterocycles. The van der Waals surface area contributed by atoms with Gasteiger partial charge in [0.2, 0.25) is 0 Å². The molecule has 0 aliphatic rings. The van der Waals surface area contributed by atoms with Gasteiger partial charge in [0.1, 0.15) is 0 Å². The van der Waals surface area contributed by atoms with Crippen molar-refractivity contribution in [3.63, 3.8) is 0 Å². The highest BCUT2D eigenvalue weighted by Gasteiger charge is 2.31.